The van der Waals surface area contributed by atoms with Crippen LogP contribution in [0.25, 0.3) is 11.5 Å². The zero-order chi connectivity index (χ0) is 27.1. The number of rotatable bonds is 4. The maximum Gasteiger partial charge on any atom is 0.322 e. The minimum Gasteiger partial charge on any atom is -0.308 e. The van der Waals surface area contributed by atoms with Gasteiger partial charge in [0, 0.05) is 22.3 Å². The molecule has 5 aromatic rings. The number of nitrogens with one attached hydrogen (secondary N) is 1. The van der Waals surface area contributed by atoms with Gasteiger partial charge in [-0.15, -0.1) is 11.8 Å². The van der Waals surface area contributed by atoms with Crippen LogP contribution in [0.4, 0.5) is 10.5 Å². The summed E-state index contributed by atoms with van der Waals surface area (Å²) >= 11 is 1.71. The summed E-state index contributed by atoms with van der Waals surface area (Å²) in [6.45, 7) is 6.53. The Morgan fingerprint density at radius 1 is 0.923 bits per heavy atom. The van der Waals surface area contributed by atoms with E-state index in [9.17, 15) is 4.79 Å². The van der Waals surface area contributed by atoms with Crippen molar-refractivity contribution < 1.29 is 4.79 Å². The van der Waals surface area contributed by atoms with Crippen molar-refractivity contribution in [3.8, 4) is 11.5 Å². The average molecular weight is 534 g/mol. The molecule has 0 saturated carbocycles. The molecule has 0 bridgehead atoms. The number of urea groups is 1. The number of aromatic nitrogens is 3. The predicted molar refractivity (Wildman–Crippen MR) is 158 cm³/mol. The van der Waals surface area contributed by atoms with Crippen molar-refractivity contribution in [2.75, 3.05) is 11.6 Å². The van der Waals surface area contributed by atoms with Crippen LogP contribution in [-0.2, 0) is 6.54 Å². The van der Waals surface area contributed by atoms with Gasteiger partial charge in [-0.25, -0.2) is 9.48 Å². The Kier molecular flexibility index (Phi) is 6.53. The maximum atomic E-state index is 14.2. The van der Waals surface area contributed by atoms with Crippen molar-refractivity contribution in [2.24, 2.45) is 0 Å². The number of carbonyl (C=O) groups excluding carboxylic acids is 1. The van der Waals surface area contributed by atoms with E-state index in [1.807, 2.05) is 66.8 Å². The largest absolute Gasteiger partial charge is 0.322 e. The van der Waals surface area contributed by atoms with Crippen LogP contribution in [0.2, 0.25) is 0 Å². The fourth-order valence-electron chi connectivity index (χ4n) is 5.53. The molecule has 1 aliphatic heterocycles. The van der Waals surface area contributed by atoms with Crippen LogP contribution in [0.15, 0.2) is 96.0 Å². The minimum atomic E-state index is -0.294. The van der Waals surface area contributed by atoms with Gasteiger partial charge in [-0.2, -0.15) is 5.10 Å². The number of para-hydroxylation sites is 1. The molecule has 3 heterocycles. The van der Waals surface area contributed by atoms with E-state index in [-0.39, 0.29) is 12.1 Å². The number of aryl methyl sites for hydroxylation is 3. The predicted octanol–water partition coefficient (Wildman–Crippen LogP) is 7.45. The van der Waals surface area contributed by atoms with Crippen LogP contribution in [-0.4, -0.2) is 31.5 Å². The second-order valence-electron chi connectivity index (χ2n) is 10.0. The van der Waals surface area contributed by atoms with E-state index in [1.54, 1.807) is 11.8 Å². The fraction of sp³-hybridized carbons (Fsp3) is 0.188. The molecule has 39 heavy (non-hydrogen) atoms. The van der Waals surface area contributed by atoms with E-state index in [1.165, 1.54) is 4.90 Å². The van der Waals surface area contributed by atoms with Crippen molar-refractivity contribution in [3.05, 3.63) is 125 Å². The van der Waals surface area contributed by atoms with Crippen LogP contribution >= 0.6 is 11.8 Å². The van der Waals surface area contributed by atoms with Gasteiger partial charge in [0.2, 0.25) is 0 Å². The Balaban J connectivity index is 1.52. The molecule has 1 unspecified atom stereocenters. The number of hydrogen-bond acceptors (Lipinski definition) is 3. The summed E-state index contributed by atoms with van der Waals surface area (Å²) in [5.74, 6) is 0.964. The number of benzene rings is 3. The lowest BCUT2D eigenvalue weighted by Gasteiger charge is -2.31. The quantitative estimate of drug-likeness (QED) is 0.244. The number of carbonyl (C=O) groups is 1. The molecule has 0 spiro atoms. The molecule has 0 saturated heterocycles. The van der Waals surface area contributed by atoms with Crippen LogP contribution < -0.4 is 5.32 Å². The maximum absolute atomic E-state index is 14.2. The molecule has 6 rings (SSSR count). The summed E-state index contributed by atoms with van der Waals surface area (Å²) in [7, 11) is 0. The smallest absolute Gasteiger partial charge is 0.308 e. The molecule has 1 atom stereocenters. The third kappa shape index (κ3) is 4.63. The van der Waals surface area contributed by atoms with Gasteiger partial charge >= 0.3 is 6.03 Å². The van der Waals surface area contributed by atoms with E-state index >= 15 is 0 Å². The summed E-state index contributed by atoms with van der Waals surface area (Å²) in [5, 5.41) is 8.14. The summed E-state index contributed by atoms with van der Waals surface area (Å²) in [6.07, 6.45) is 4.15. The molecule has 196 valence electrons. The number of thioether (sulfide) groups is 1. The normalized spacial score (nSPS) is 14.5. The number of anilines is 1. The molecule has 2 aromatic heterocycles. The van der Waals surface area contributed by atoms with Gasteiger partial charge in [0.1, 0.15) is 5.82 Å². The Hall–Kier alpha value is -4.23. The van der Waals surface area contributed by atoms with E-state index in [4.69, 9.17) is 5.10 Å². The first-order chi connectivity index (χ1) is 18.9. The van der Waals surface area contributed by atoms with Gasteiger partial charge in [0.05, 0.1) is 29.7 Å². The standard InChI is InChI=1S/C32H31N5OS/c1-21-17-22(2)19-25(18-21)33-32(38)36-20-28-23(3)34-37(26-9-6-5-7-10-26)31(28)35-16-8-11-29(35)30(36)24-12-14-27(39-4)15-13-24/h5-19,30H,20H2,1-4H3,(H,33,38). The van der Waals surface area contributed by atoms with Crippen molar-refractivity contribution in [1.82, 2.24) is 19.2 Å². The van der Waals surface area contributed by atoms with E-state index in [0.717, 1.165) is 50.8 Å². The van der Waals surface area contributed by atoms with Gasteiger partial charge in [-0.05, 0) is 92.2 Å². The van der Waals surface area contributed by atoms with Crippen molar-refractivity contribution in [1.29, 1.82) is 0 Å². The Labute approximate surface area is 233 Å². The lowest BCUT2D eigenvalue weighted by Crippen LogP contribution is -2.38. The first kappa shape index (κ1) is 25.1. The summed E-state index contributed by atoms with van der Waals surface area (Å²) < 4.78 is 4.19. The van der Waals surface area contributed by atoms with Crippen molar-refractivity contribution in [2.45, 2.75) is 38.3 Å². The minimum absolute atomic E-state index is 0.147. The highest BCUT2D eigenvalue weighted by molar-refractivity contribution is 7.98. The molecule has 3 aromatic carbocycles. The molecule has 1 aliphatic rings. The lowest BCUT2D eigenvalue weighted by molar-refractivity contribution is 0.194. The fourth-order valence-corrected chi connectivity index (χ4v) is 5.94. The van der Waals surface area contributed by atoms with Gasteiger partial charge in [0.15, 0.2) is 0 Å². The van der Waals surface area contributed by atoms with Gasteiger partial charge in [-0.3, -0.25) is 0 Å². The highest BCUT2D eigenvalue weighted by Crippen LogP contribution is 2.39. The monoisotopic (exact) mass is 533 g/mol. The van der Waals surface area contributed by atoms with Crippen LogP contribution in [0.5, 0.6) is 0 Å². The molecular formula is C32H31N5OS. The van der Waals surface area contributed by atoms with Crippen molar-refractivity contribution in [3.63, 3.8) is 0 Å². The molecule has 2 amide bonds. The Bertz CT molecular complexity index is 1630. The van der Waals surface area contributed by atoms with Gasteiger partial charge < -0.3 is 14.8 Å². The van der Waals surface area contributed by atoms with Gasteiger partial charge in [0.25, 0.3) is 0 Å². The summed E-state index contributed by atoms with van der Waals surface area (Å²) in [6, 6.07) is 28.5. The number of nitrogens with zero attached hydrogens (tertiary/aromatic N) is 4. The average Bonchev–Trinajstić information content (AvgIpc) is 3.49. The topological polar surface area (TPSA) is 55.1 Å². The van der Waals surface area contributed by atoms with E-state index in [0.29, 0.717) is 6.54 Å². The molecule has 0 radical (unpaired) electrons. The summed E-state index contributed by atoms with van der Waals surface area (Å²) in [5.41, 5.74) is 8.00. The highest BCUT2D eigenvalue weighted by Gasteiger charge is 2.36. The van der Waals surface area contributed by atoms with Crippen LogP contribution in [0.3, 0.4) is 0 Å². The SMILES string of the molecule is CSc1ccc(C2c3cccn3-c3c(c(C)nn3-c3ccccc3)CN2C(=O)Nc2cc(C)cc(C)c2)cc1. The zero-order valence-electron chi connectivity index (χ0n) is 22.6. The van der Waals surface area contributed by atoms with Gasteiger partial charge in [-0.1, -0.05) is 36.4 Å². The molecule has 0 aliphatic carbocycles. The molecule has 0 fully saturated rings. The lowest BCUT2D eigenvalue weighted by atomic mass is 10.0. The summed E-state index contributed by atoms with van der Waals surface area (Å²) in [4.78, 5) is 17.3. The number of hydrogen-bond donors (Lipinski definition) is 1. The Morgan fingerprint density at radius 3 is 2.33 bits per heavy atom. The van der Waals surface area contributed by atoms with Crippen LogP contribution in [0.1, 0.15) is 39.7 Å². The molecule has 1 N–H and O–H groups in total. The third-order valence-electron chi connectivity index (χ3n) is 7.25. The first-order valence-corrected chi connectivity index (χ1v) is 14.3. The number of amides is 2. The van der Waals surface area contributed by atoms with E-state index < -0.39 is 0 Å². The Morgan fingerprint density at radius 2 is 1.64 bits per heavy atom. The third-order valence-corrected chi connectivity index (χ3v) is 8.00. The zero-order valence-corrected chi connectivity index (χ0v) is 23.4. The first-order valence-electron chi connectivity index (χ1n) is 13.0. The molecule has 7 heteroatoms. The van der Waals surface area contributed by atoms with E-state index in [2.05, 4.69) is 70.9 Å². The molecular weight excluding hydrogens is 502 g/mol. The highest BCUT2D eigenvalue weighted by atomic mass is 32.2. The van der Waals surface area contributed by atoms with Crippen LogP contribution in [0, 0.1) is 20.8 Å². The second-order valence-corrected chi connectivity index (χ2v) is 10.9. The molecule has 6 nitrogen and oxygen atoms in total. The number of fused-ring (bicyclic) bond motifs is 3. The second kappa shape index (κ2) is 10.2. The van der Waals surface area contributed by atoms with Crippen molar-refractivity contribution >= 4 is 23.5 Å².